The van der Waals surface area contributed by atoms with Gasteiger partial charge in [0.2, 0.25) is 0 Å². The Kier molecular flexibility index (Phi) is 4.22. The molecule has 0 aliphatic heterocycles. The van der Waals surface area contributed by atoms with Gasteiger partial charge in [0.25, 0.3) is 5.91 Å². The number of hydrogen-bond acceptors (Lipinski definition) is 3. The molecule has 1 saturated carbocycles. The molecule has 5 nitrogen and oxygen atoms in total. The molecule has 0 unspecified atom stereocenters. The smallest absolute Gasteiger partial charge is 0.253 e. The molecule has 0 radical (unpaired) electrons. The van der Waals surface area contributed by atoms with Gasteiger partial charge < -0.3 is 15.6 Å². The summed E-state index contributed by atoms with van der Waals surface area (Å²) in [4.78, 5) is 17.2. The number of carbonyl (C=O) groups excluding carboxylic acids is 1. The predicted octanol–water partition coefficient (Wildman–Crippen LogP) is 2.49. The molecular weight excluding hydrogens is 288 g/mol. The maximum absolute atomic E-state index is 12.8. The third-order valence-corrected chi connectivity index (χ3v) is 4.88. The van der Waals surface area contributed by atoms with Crippen LogP contribution in [0.3, 0.4) is 0 Å². The van der Waals surface area contributed by atoms with Gasteiger partial charge >= 0.3 is 0 Å². The van der Waals surface area contributed by atoms with Crippen LogP contribution >= 0.6 is 0 Å². The van der Waals surface area contributed by atoms with E-state index in [2.05, 4.69) is 10.3 Å². The molecule has 0 bridgehead atoms. The lowest BCUT2D eigenvalue weighted by atomic mass is 9.97. The van der Waals surface area contributed by atoms with Gasteiger partial charge in [-0.05, 0) is 44.9 Å². The van der Waals surface area contributed by atoms with E-state index in [1.165, 1.54) is 0 Å². The zero-order valence-electron chi connectivity index (χ0n) is 13.8. The van der Waals surface area contributed by atoms with Crippen molar-refractivity contribution in [3.8, 4) is 5.82 Å². The molecule has 23 heavy (non-hydrogen) atoms. The van der Waals surface area contributed by atoms with Crippen LogP contribution in [0.5, 0.6) is 0 Å². The Morgan fingerprint density at radius 2 is 2.09 bits per heavy atom. The second kappa shape index (κ2) is 6.16. The van der Waals surface area contributed by atoms with Crippen LogP contribution in [0, 0.1) is 13.8 Å². The van der Waals surface area contributed by atoms with E-state index >= 15 is 0 Å². The summed E-state index contributed by atoms with van der Waals surface area (Å²) >= 11 is 0. The van der Waals surface area contributed by atoms with Gasteiger partial charge in [-0.15, -0.1) is 0 Å². The number of nitrogens with zero attached hydrogens (tertiary/aromatic N) is 2. The molecule has 3 N–H and O–H groups in total. The van der Waals surface area contributed by atoms with Crippen LogP contribution in [-0.4, -0.2) is 27.5 Å². The molecule has 0 atom stereocenters. The summed E-state index contributed by atoms with van der Waals surface area (Å²) in [5, 5.41) is 3.19. The Balaban J connectivity index is 1.91. The highest BCUT2D eigenvalue weighted by Gasteiger charge is 2.34. The van der Waals surface area contributed by atoms with E-state index in [4.69, 9.17) is 5.73 Å². The summed E-state index contributed by atoms with van der Waals surface area (Å²) in [5.41, 5.74) is 8.31. The van der Waals surface area contributed by atoms with Crippen molar-refractivity contribution in [3.05, 3.63) is 47.4 Å². The quantitative estimate of drug-likeness (QED) is 0.911. The second-order valence-corrected chi connectivity index (χ2v) is 6.45. The van der Waals surface area contributed by atoms with Crippen molar-refractivity contribution in [2.45, 2.75) is 45.1 Å². The van der Waals surface area contributed by atoms with E-state index in [0.717, 1.165) is 42.9 Å². The molecule has 1 aliphatic carbocycles. The van der Waals surface area contributed by atoms with Crippen LogP contribution in [0.4, 0.5) is 0 Å². The first-order valence-electron chi connectivity index (χ1n) is 8.19. The van der Waals surface area contributed by atoms with E-state index in [-0.39, 0.29) is 11.4 Å². The lowest BCUT2D eigenvalue weighted by Gasteiger charge is -2.28. The number of nitrogens with one attached hydrogen (secondary N) is 1. The Labute approximate surface area is 136 Å². The lowest BCUT2D eigenvalue weighted by molar-refractivity contribution is 0.0902. The molecule has 5 heteroatoms. The SMILES string of the molecule is Cc1cc(C(=O)NC2(CN)CCCC2)c(C)n1-c1ccccn1. The number of aryl methyl sites for hydroxylation is 1. The second-order valence-electron chi connectivity index (χ2n) is 6.45. The molecule has 1 fully saturated rings. The first kappa shape index (κ1) is 15.7. The summed E-state index contributed by atoms with van der Waals surface area (Å²) in [7, 11) is 0. The van der Waals surface area contributed by atoms with Crippen LogP contribution in [-0.2, 0) is 0 Å². The van der Waals surface area contributed by atoms with Crippen molar-refractivity contribution >= 4 is 5.91 Å². The molecule has 1 aliphatic rings. The molecule has 2 heterocycles. The summed E-state index contributed by atoms with van der Waals surface area (Å²) in [6.45, 7) is 4.45. The van der Waals surface area contributed by atoms with Gasteiger partial charge in [0.1, 0.15) is 5.82 Å². The van der Waals surface area contributed by atoms with Crippen LogP contribution < -0.4 is 11.1 Å². The first-order chi connectivity index (χ1) is 11.1. The topological polar surface area (TPSA) is 72.9 Å². The number of carbonyl (C=O) groups is 1. The highest BCUT2D eigenvalue weighted by molar-refractivity contribution is 5.96. The van der Waals surface area contributed by atoms with Gasteiger partial charge in [-0.3, -0.25) is 4.79 Å². The molecule has 0 saturated heterocycles. The van der Waals surface area contributed by atoms with Crippen molar-refractivity contribution < 1.29 is 4.79 Å². The summed E-state index contributed by atoms with van der Waals surface area (Å²) in [5.74, 6) is 0.795. The molecule has 0 spiro atoms. The van der Waals surface area contributed by atoms with Crippen LogP contribution in [0.25, 0.3) is 5.82 Å². The molecule has 0 aromatic carbocycles. The van der Waals surface area contributed by atoms with E-state index in [1.54, 1.807) is 6.20 Å². The fourth-order valence-corrected chi connectivity index (χ4v) is 3.57. The van der Waals surface area contributed by atoms with Gasteiger partial charge in [-0.2, -0.15) is 0 Å². The minimum absolute atomic E-state index is 0.0346. The number of hydrogen-bond donors (Lipinski definition) is 2. The molecule has 1 amide bonds. The third-order valence-electron chi connectivity index (χ3n) is 4.88. The number of aromatic nitrogens is 2. The summed E-state index contributed by atoms with van der Waals surface area (Å²) < 4.78 is 2.01. The van der Waals surface area contributed by atoms with Gasteiger partial charge in [0, 0.05) is 24.1 Å². The number of pyridine rings is 1. The largest absolute Gasteiger partial charge is 0.345 e. The number of nitrogens with two attached hydrogens (primary N) is 1. The zero-order chi connectivity index (χ0) is 16.4. The Hall–Kier alpha value is -2.14. The zero-order valence-corrected chi connectivity index (χ0v) is 13.8. The van der Waals surface area contributed by atoms with E-state index in [0.29, 0.717) is 12.1 Å². The molecule has 2 aromatic heterocycles. The highest BCUT2D eigenvalue weighted by Crippen LogP contribution is 2.29. The van der Waals surface area contributed by atoms with E-state index < -0.39 is 0 Å². The van der Waals surface area contributed by atoms with Gasteiger partial charge in [0.15, 0.2) is 0 Å². The number of amides is 1. The van der Waals surface area contributed by atoms with Crippen molar-refractivity contribution in [2.75, 3.05) is 6.54 Å². The Bertz CT molecular complexity index is 699. The van der Waals surface area contributed by atoms with E-state index in [9.17, 15) is 4.79 Å². The molecule has 3 rings (SSSR count). The average Bonchev–Trinajstić information content (AvgIpc) is 3.13. The van der Waals surface area contributed by atoms with Crippen molar-refractivity contribution in [1.82, 2.24) is 14.9 Å². The first-order valence-corrected chi connectivity index (χ1v) is 8.19. The van der Waals surface area contributed by atoms with E-state index in [1.807, 2.05) is 42.7 Å². The fraction of sp³-hybridized carbons (Fsp3) is 0.444. The minimum Gasteiger partial charge on any atom is -0.345 e. The minimum atomic E-state index is -0.232. The summed E-state index contributed by atoms with van der Waals surface area (Å²) in [6.07, 6.45) is 5.95. The Morgan fingerprint density at radius 3 is 2.70 bits per heavy atom. The molecule has 2 aromatic rings. The normalized spacial score (nSPS) is 16.5. The summed E-state index contributed by atoms with van der Waals surface area (Å²) in [6, 6.07) is 7.71. The van der Waals surface area contributed by atoms with Gasteiger partial charge in [0.05, 0.1) is 11.1 Å². The van der Waals surface area contributed by atoms with Crippen molar-refractivity contribution in [2.24, 2.45) is 5.73 Å². The van der Waals surface area contributed by atoms with Crippen molar-refractivity contribution in [1.29, 1.82) is 0 Å². The van der Waals surface area contributed by atoms with Gasteiger partial charge in [-0.25, -0.2) is 4.98 Å². The van der Waals surface area contributed by atoms with Crippen LogP contribution in [0.15, 0.2) is 30.5 Å². The standard InChI is InChI=1S/C18H24N4O/c1-13-11-15(14(2)22(13)16-7-3-6-10-20-16)17(23)21-18(12-19)8-4-5-9-18/h3,6-7,10-11H,4-5,8-9,12,19H2,1-2H3,(H,21,23). The van der Waals surface area contributed by atoms with Crippen molar-refractivity contribution in [3.63, 3.8) is 0 Å². The fourth-order valence-electron chi connectivity index (χ4n) is 3.57. The van der Waals surface area contributed by atoms with Gasteiger partial charge in [-0.1, -0.05) is 18.9 Å². The number of rotatable bonds is 4. The third kappa shape index (κ3) is 2.88. The Morgan fingerprint density at radius 1 is 1.35 bits per heavy atom. The predicted molar refractivity (Wildman–Crippen MR) is 90.8 cm³/mol. The molecular formula is C18H24N4O. The lowest BCUT2D eigenvalue weighted by Crippen LogP contribution is -2.51. The average molecular weight is 312 g/mol. The highest BCUT2D eigenvalue weighted by atomic mass is 16.1. The van der Waals surface area contributed by atoms with Crippen LogP contribution in [0.2, 0.25) is 0 Å². The maximum Gasteiger partial charge on any atom is 0.253 e. The van der Waals surface area contributed by atoms with Crippen LogP contribution in [0.1, 0.15) is 47.4 Å². The monoisotopic (exact) mass is 312 g/mol. The molecule has 122 valence electrons. The maximum atomic E-state index is 12.8.